The van der Waals surface area contributed by atoms with Gasteiger partial charge < -0.3 is 9.64 Å². The van der Waals surface area contributed by atoms with E-state index in [1.165, 1.54) is 62.7 Å². The van der Waals surface area contributed by atoms with Gasteiger partial charge in [-0.15, -0.1) is 0 Å². The smallest absolute Gasteiger partial charge is 0.0700 e. The molecule has 0 bridgehead atoms. The second-order valence-corrected chi connectivity index (χ2v) is 9.39. The Balaban J connectivity index is 1.63. The minimum absolute atomic E-state index is 0.160. The van der Waals surface area contributed by atoms with Crippen LogP contribution in [0.3, 0.4) is 0 Å². The van der Waals surface area contributed by atoms with Crippen LogP contribution in [0.2, 0.25) is 0 Å². The van der Waals surface area contributed by atoms with Gasteiger partial charge in [0.2, 0.25) is 0 Å². The van der Waals surface area contributed by atoms with Crippen molar-refractivity contribution in [2.24, 2.45) is 12.5 Å². The quantitative estimate of drug-likeness (QED) is 0.759. The Bertz CT molecular complexity index is 570. The maximum absolute atomic E-state index is 6.29. The summed E-state index contributed by atoms with van der Waals surface area (Å²) in [6, 6.07) is 0. The van der Waals surface area contributed by atoms with Crippen molar-refractivity contribution in [2.75, 3.05) is 20.2 Å². The van der Waals surface area contributed by atoms with Crippen LogP contribution in [0.4, 0.5) is 0 Å². The number of aromatic nitrogens is 2. The fourth-order valence-corrected chi connectivity index (χ4v) is 4.88. The van der Waals surface area contributed by atoms with Crippen LogP contribution in [0, 0.1) is 5.41 Å². The number of ether oxygens (including phenoxy) is 1. The van der Waals surface area contributed by atoms with Crippen molar-refractivity contribution in [1.82, 2.24) is 14.7 Å². The molecule has 4 nitrogen and oxygen atoms in total. The fraction of sp³-hybridized carbons (Fsp3) is 0.857. The van der Waals surface area contributed by atoms with Crippen LogP contribution in [0.5, 0.6) is 0 Å². The first kappa shape index (κ1) is 18.9. The Kier molecular flexibility index (Phi) is 5.60. The lowest BCUT2D eigenvalue weighted by Gasteiger charge is -2.37. The Labute approximate surface area is 153 Å². The van der Waals surface area contributed by atoms with Gasteiger partial charge >= 0.3 is 0 Å². The first-order valence-electron chi connectivity index (χ1n) is 10.2. The van der Waals surface area contributed by atoms with E-state index < -0.39 is 0 Å². The second-order valence-electron chi connectivity index (χ2n) is 9.39. The highest BCUT2D eigenvalue weighted by Crippen LogP contribution is 2.49. The summed E-state index contributed by atoms with van der Waals surface area (Å²) in [4.78, 5) is 2.44. The molecule has 1 aromatic rings. The summed E-state index contributed by atoms with van der Waals surface area (Å²) >= 11 is 0. The normalized spacial score (nSPS) is 29.0. The topological polar surface area (TPSA) is 30.3 Å². The summed E-state index contributed by atoms with van der Waals surface area (Å²) in [6.45, 7) is 10.1. The molecule has 3 rings (SSSR count). The highest BCUT2D eigenvalue weighted by atomic mass is 16.5. The first-order valence-corrected chi connectivity index (χ1v) is 10.2. The number of rotatable bonds is 6. The van der Waals surface area contributed by atoms with Crippen molar-refractivity contribution in [1.29, 1.82) is 0 Å². The molecule has 2 aliphatic rings. The highest BCUT2D eigenvalue weighted by molar-refractivity contribution is 5.22. The number of hydrogen-bond donors (Lipinski definition) is 0. The van der Waals surface area contributed by atoms with Crippen LogP contribution in [-0.4, -0.2) is 40.5 Å². The molecule has 1 saturated carbocycles. The molecule has 25 heavy (non-hydrogen) atoms. The molecule has 1 spiro atoms. The SMILES string of the molecule is CCCCN(C)Cc1cn(C)nc1C1CCC2(CC1)CC(C)(C)CO2. The van der Waals surface area contributed by atoms with Crippen molar-refractivity contribution in [2.45, 2.75) is 83.8 Å². The molecular formula is C21H37N3O. The van der Waals surface area contributed by atoms with E-state index in [0.717, 1.165) is 13.2 Å². The summed E-state index contributed by atoms with van der Waals surface area (Å²) in [5, 5.41) is 4.86. The van der Waals surface area contributed by atoms with Crippen LogP contribution < -0.4 is 0 Å². The standard InChI is InChI=1S/C21H37N3O/c1-6-7-12-23(4)13-18-14-24(5)22-19(18)17-8-10-21(11-9-17)15-20(2,3)16-25-21/h14,17H,6-13,15-16H2,1-5H3. The molecule has 1 aromatic heterocycles. The molecular weight excluding hydrogens is 310 g/mol. The van der Waals surface area contributed by atoms with Gasteiger partial charge in [0.1, 0.15) is 0 Å². The van der Waals surface area contributed by atoms with Gasteiger partial charge in [-0.2, -0.15) is 5.10 Å². The van der Waals surface area contributed by atoms with Crippen LogP contribution >= 0.6 is 0 Å². The van der Waals surface area contributed by atoms with Gasteiger partial charge in [-0.05, 0) is 57.5 Å². The van der Waals surface area contributed by atoms with E-state index in [4.69, 9.17) is 9.84 Å². The van der Waals surface area contributed by atoms with Gasteiger partial charge in [0.15, 0.2) is 0 Å². The van der Waals surface area contributed by atoms with Gasteiger partial charge in [0.05, 0.1) is 17.9 Å². The summed E-state index contributed by atoms with van der Waals surface area (Å²) in [5.41, 5.74) is 3.28. The third-order valence-corrected chi connectivity index (χ3v) is 6.12. The molecule has 0 amide bonds. The van der Waals surface area contributed by atoms with E-state index >= 15 is 0 Å². The molecule has 142 valence electrons. The molecule has 0 radical (unpaired) electrons. The molecule has 0 unspecified atom stereocenters. The number of hydrogen-bond acceptors (Lipinski definition) is 3. The highest BCUT2D eigenvalue weighted by Gasteiger charge is 2.46. The summed E-state index contributed by atoms with van der Waals surface area (Å²) < 4.78 is 8.30. The van der Waals surface area contributed by atoms with E-state index in [1.54, 1.807) is 0 Å². The average Bonchev–Trinajstić information content (AvgIpc) is 3.06. The molecule has 4 heteroatoms. The zero-order valence-corrected chi connectivity index (χ0v) is 17.0. The maximum atomic E-state index is 6.29. The minimum atomic E-state index is 0.160. The van der Waals surface area contributed by atoms with Crippen molar-refractivity contribution < 1.29 is 4.74 Å². The van der Waals surface area contributed by atoms with Crippen molar-refractivity contribution in [3.8, 4) is 0 Å². The third kappa shape index (κ3) is 4.46. The van der Waals surface area contributed by atoms with Crippen LogP contribution in [0.1, 0.15) is 82.9 Å². The number of nitrogens with zero attached hydrogens (tertiary/aromatic N) is 3. The molecule has 1 saturated heterocycles. The van der Waals surface area contributed by atoms with E-state index in [9.17, 15) is 0 Å². The van der Waals surface area contributed by atoms with Gasteiger partial charge in [-0.3, -0.25) is 4.68 Å². The zero-order valence-electron chi connectivity index (χ0n) is 17.0. The summed E-state index contributed by atoms with van der Waals surface area (Å²) in [6.07, 6.45) is 10.8. The van der Waals surface area contributed by atoms with Crippen LogP contribution in [0.15, 0.2) is 6.20 Å². The number of unbranched alkanes of at least 4 members (excludes halogenated alkanes) is 1. The molecule has 2 fully saturated rings. The Hall–Kier alpha value is -0.870. The van der Waals surface area contributed by atoms with Crippen LogP contribution in [-0.2, 0) is 18.3 Å². The van der Waals surface area contributed by atoms with E-state index in [1.807, 2.05) is 4.68 Å². The lowest BCUT2D eigenvalue weighted by molar-refractivity contribution is -0.0296. The molecule has 1 aliphatic carbocycles. The lowest BCUT2D eigenvalue weighted by atomic mass is 9.72. The van der Waals surface area contributed by atoms with Crippen LogP contribution in [0.25, 0.3) is 0 Å². The third-order valence-electron chi connectivity index (χ3n) is 6.12. The monoisotopic (exact) mass is 347 g/mol. The van der Waals surface area contributed by atoms with E-state index in [-0.39, 0.29) is 5.60 Å². The molecule has 1 aliphatic heterocycles. The molecule has 0 N–H and O–H groups in total. The van der Waals surface area contributed by atoms with Crippen molar-refractivity contribution in [3.05, 3.63) is 17.5 Å². The predicted molar refractivity (Wildman–Crippen MR) is 103 cm³/mol. The molecule has 0 atom stereocenters. The second kappa shape index (κ2) is 7.40. The van der Waals surface area contributed by atoms with Crippen molar-refractivity contribution in [3.63, 3.8) is 0 Å². The van der Waals surface area contributed by atoms with Crippen molar-refractivity contribution >= 4 is 0 Å². The Morgan fingerprint density at radius 3 is 2.64 bits per heavy atom. The Morgan fingerprint density at radius 1 is 1.32 bits per heavy atom. The Morgan fingerprint density at radius 2 is 2.04 bits per heavy atom. The average molecular weight is 348 g/mol. The summed E-state index contributed by atoms with van der Waals surface area (Å²) in [7, 11) is 4.29. The molecule has 0 aromatic carbocycles. The van der Waals surface area contributed by atoms with Gasteiger partial charge in [0.25, 0.3) is 0 Å². The van der Waals surface area contributed by atoms with Gasteiger partial charge in [0, 0.05) is 31.3 Å². The number of aryl methyl sites for hydroxylation is 1. The van der Waals surface area contributed by atoms with Gasteiger partial charge in [-0.1, -0.05) is 27.2 Å². The predicted octanol–water partition coefficient (Wildman–Crippen LogP) is 4.49. The largest absolute Gasteiger partial charge is 0.374 e. The first-order chi connectivity index (χ1) is 11.8. The van der Waals surface area contributed by atoms with E-state index in [0.29, 0.717) is 11.3 Å². The molecule has 2 heterocycles. The van der Waals surface area contributed by atoms with E-state index in [2.05, 4.69) is 46.0 Å². The zero-order chi connectivity index (χ0) is 18.1. The maximum Gasteiger partial charge on any atom is 0.0700 e. The summed E-state index contributed by atoms with van der Waals surface area (Å²) in [5.74, 6) is 0.605. The minimum Gasteiger partial charge on any atom is -0.374 e. The fourth-order valence-electron chi connectivity index (χ4n) is 4.88. The lowest BCUT2D eigenvalue weighted by Crippen LogP contribution is -2.33. The van der Waals surface area contributed by atoms with Gasteiger partial charge in [-0.25, -0.2) is 0 Å².